The molecule has 0 spiro atoms. The Hall–Kier alpha value is -1.91. The Balaban J connectivity index is 1.91. The van der Waals surface area contributed by atoms with E-state index in [0.717, 1.165) is 31.4 Å². The number of aliphatic imine (C=N–C) groups is 1. The summed E-state index contributed by atoms with van der Waals surface area (Å²) in [5.41, 5.74) is 0.358. The van der Waals surface area contributed by atoms with E-state index in [1.807, 2.05) is 6.92 Å². The van der Waals surface area contributed by atoms with Gasteiger partial charge in [0.2, 0.25) is 0 Å². The van der Waals surface area contributed by atoms with Gasteiger partial charge >= 0.3 is 0 Å². The normalized spacial score (nSPS) is 15.5. The van der Waals surface area contributed by atoms with Gasteiger partial charge in [-0.25, -0.2) is 8.78 Å². The van der Waals surface area contributed by atoms with Crippen LogP contribution in [0.25, 0.3) is 0 Å². The second-order valence-electron chi connectivity index (χ2n) is 5.01. The number of guanidine groups is 1. The first-order chi connectivity index (χ1) is 10.2. The van der Waals surface area contributed by atoms with Gasteiger partial charge in [-0.05, 0) is 37.8 Å². The molecule has 21 heavy (non-hydrogen) atoms. The average Bonchev–Trinajstić information content (AvgIpc) is 2.96. The molecule has 0 atom stereocenters. The molecule has 0 heterocycles. The van der Waals surface area contributed by atoms with Crippen LogP contribution in [0.4, 0.5) is 8.78 Å². The van der Waals surface area contributed by atoms with Crippen LogP contribution in [0.1, 0.15) is 25.3 Å². The fourth-order valence-corrected chi connectivity index (χ4v) is 2.28. The number of nitrogens with zero attached hydrogens (tertiary/aromatic N) is 1. The van der Waals surface area contributed by atoms with Crippen LogP contribution in [0.2, 0.25) is 0 Å². The predicted molar refractivity (Wildman–Crippen MR) is 81.3 cm³/mol. The molecule has 1 aliphatic carbocycles. The number of benzene rings is 1. The lowest BCUT2D eigenvalue weighted by Gasteiger charge is -2.16. The summed E-state index contributed by atoms with van der Waals surface area (Å²) in [4.78, 5) is 4.42. The molecule has 0 amide bonds. The van der Waals surface area contributed by atoms with E-state index in [-0.39, 0.29) is 0 Å². The molecule has 0 aromatic heterocycles. The molecule has 0 bridgehead atoms. The summed E-state index contributed by atoms with van der Waals surface area (Å²) >= 11 is 0. The zero-order valence-electron chi connectivity index (χ0n) is 12.2. The quantitative estimate of drug-likeness (QED) is 0.497. The molecule has 1 aromatic carbocycles. The molecule has 5 heteroatoms. The lowest BCUT2D eigenvalue weighted by atomic mass is 10.1. The molecule has 2 rings (SSSR count). The summed E-state index contributed by atoms with van der Waals surface area (Å²) in [6.07, 6.45) is 6.64. The zero-order valence-corrected chi connectivity index (χ0v) is 12.2. The Morgan fingerprint density at radius 3 is 2.76 bits per heavy atom. The molecule has 0 saturated carbocycles. The Morgan fingerprint density at radius 2 is 2.05 bits per heavy atom. The third-order valence-corrected chi connectivity index (χ3v) is 3.38. The van der Waals surface area contributed by atoms with E-state index in [1.54, 1.807) is 6.07 Å². The van der Waals surface area contributed by atoms with Crippen molar-refractivity contribution in [3.63, 3.8) is 0 Å². The van der Waals surface area contributed by atoms with Crippen molar-refractivity contribution in [1.29, 1.82) is 0 Å². The first-order valence-corrected chi connectivity index (χ1v) is 7.33. The van der Waals surface area contributed by atoms with Gasteiger partial charge in [-0.15, -0.1) is 0 Å². The smallest absolute Gasteiger partial charge is 0.191 e. The van der Waals surface area contributed by atoms with Crippen molar-refractivity contribution >= 4 is 5.96 Å². The van der Waals surface area contributed by atoms with Crippen LogP contribution >= 0.6 is 0 Å². The van der Waals surface area contributed by atoms with Gasteiger partial charge in [0, 0.05) is 19.1 Å². The first-order valence-electron chi connectivity index (χ1n) is 7.33. The highest BCUT2D eigenvalue weighted by Gasteiger charge is 2.11. The second-order valence-corrected chi connectivity index (χ2v) is 5.01. The number of nitrogens with one attached hydrogen (secondary N) is 2. The van der Waals surface area contributed by atoms with Crippen LogP contribution in [-0.2, 0) is 6.42 Å². The molecule has 0 radical (unpaired) electrons. The largest absolute Gasteiger partial charge is 0.357 e. The minimum absolute atomic E-state index is 0.358. The van der Waals surface area contributed by atoms with Crippen molar-refractivity contribution in [1.82, 2.24) is 10.6 Å². The molecule has 0 unspecified atom stereocenters. The number of hydrogen-bond donors (Lipinski definition) is 2. The predicted octanol–water partition coefficient (Wildman–Crippen LogP) is 2.78. The second kappa shape index (κ2) is 7.76. The van der Waals surface area contributed by atoms with Crippen LogP contribution in [0.5, 0.6) is 0 Å². The first kappa shape index (κ1) is 15.5. The maximum absolute atomic E-state index is 13.5. The van der Waals surface area contributed by atoms with E-state index in [0.29, 0.717) is 24.6 Å². The molecule has 0 fully saturated rings. The van der Waals surface area contributed by atoms with Crippen LogP contribution in [0.3, 0.4) is 0 Å². The Bertz CT molecular complexity index is 518. The molecular weight excluding hydrogens is 272 g/mol. The van der Waals surface area contributed by atoms with Gasteiger partial charge in [0.1, 0.15) is 0 Å². The fourth-order valence-electron chi connectivity index (χ4n) is 2.28. The topological polar surface area (TPSA) is 36.4 Å². The minimum Gasteiger partial charge on any atom is -0.357 e. The molecule has 2 N–H and O–H groups in total. The zero-order chi connectivity index (χ0) is 15.1. The van der Waals surface area contributed by atoms with Crippen molar-refractivity contribution in [2.45, 2.75) is 32.2 Å². The van der Waals surface area contributed by atoms with E-state index < -0.39 is 11.6 Å². The number of halogens is 2. The standard InChI is InChI=1S/C16H21F2N3/c1-2-19-16(21-13-7-3-4-8-13)20-11-10-12-6-5-9-14(17)15(12)18/h3-6,9,13H,2,7-8,10-11H2,1H3,(H2,19,20,21). The van der Waals surface area contributed by atoms with Crippen LogP contribution in [0.15, 0.2) is 35.3 Å². The van der Waals surface area contributed by atoms with E-state index >= 15 is 0 Å². The summed E-state index contributed by atoms with van der Waals surface area (Å²) < 4.78 is 26.7. The van der Waals surface area contributed by atoms with Crippen LogP contribution in [-0.4, -0.2) is 25.1 Å². The highest BCUT2D eigenvalue weighted by molar-refractivity contribution is 5.80. The van der Waals surface area contributed by atoms with E-state index in [9.17, 15) is 8.78 Å². The van der Waals surface area contributed by atoms with Crippen LogP contribution < -0.4 is 10.6 Å². The molecular formula is C16H21F2N3. The number of hydrogen-bond acceptors (Lipinski definition) is 1. The summed E-state index contributed by atoms with van der Waals surface area (Å²) in [7, 11) is 0. The molecule has 1 aliphatic rings. The average molecular weight is 293 g/mol. The third-order valence-electron chi connectivity index (χ3n) is 3.38. The molecule has 0 aliphatic heterocycles. The van der Waals surface area contributed by atoms with E-state index in [1.165, 1.54) is 6.07 Å². The van der Waals surface area contributed by atoms with Crippen molar-refractivity contribution in [2.75, 3.05) is 13.1 Å². The summed E-state index contributed by atoms with van der Waals surface area (Å²) in [6, 6.07) is 4.61. The van der Waals surface area contributed by atoms with Crippen molar-refractivity contribution < 1.29 is 8.78 Å². The van der Waals surface area contributed by atoms with Gasteiger partial charge in [0.15, 0.2) is 17.6 Å². The van der Waals surface area contributed by atoms with Gasteiger partial charge in [-0.1, -0.05) is 24.3 Å². The maximum atomic E-state index is 13.5. The minimum atomic E-state index is -0.807. The maximum Gasteiger partial charge on any atom is 0.191 e. The van der Waals surface area contributed by atoms with Gasteiger partial charge in [-0.3, -0.25) is 4.99 Å². The number of rotatable bonds is 5. The lowest BCUT2D eigenvalue weighted by molar-refractivity contribution is 0.499. The van der Waals surface area contributed by atoms with Gasteiger partial charge in [0.25, 0.3) is 0 Å². The monoisotopic (exact) mass is 293 g/mol. The molecule has 1 aromatic rings. The van der Waals surface area contributed by atoms with Crippen molar-refractivity contribution in [3.8, 4) is 0 Å². The van der Waals surface area contributed by atoms with E-state index in [2.05, 4.69) is 27.8 Å². The SMILES string of the molecule is CCNC(=NCCc1cccc(F)c1F)NC1CC=CC1. The fraction of sp³-hybridized carbons (Fsp3) is 0.438. The summed E-state index contributed by atoms with van der Waals surface area (Å²) in [5, 5.41) is 6.50. The highest BCUT2D eigenvalue weighted by atomic mass is 19.2. The van der Waals surface area contributed by atoms with Crippen molar-refractivity contribution in [2.24, 2.45) is 4.99 Å². The Morgan fingerprint density at radius 1 is 1.29 bits per heavy atom. The van der Waals surface area contributed by atoms with Gasteiger partial charge in [0.05, 0.1) is 0 Å². The Kier molecular flexibility index (Phi) is 5.72. The summed E-state index contributed by atoms with van der Waals surface area (Å²) in [5.74, 6) is -0.854. The van der Waals surface area contributed by atoms with Gasteiger partial charge < -0.3 is 10.6 Å². The van der Waals surface area contributed by atoms with Gasteiger partial charge in [-0.2, -0.15) is 0 Å². The molecule has 3 nitrogen and oxygen atoms in total. The third kappa shape index (κ3) is 4.55. The lowest BCUT2D eigenvalue weighted by Crippen LogP contribution is -2.42. The molecule has 114 valence electrons. The Labute approximate surface area is 124 Å². The van der Waals surface area contributed by atoms with Crippen LogP contribution in [0, 0.1) is 11.6 Å². The highest BCUT2D eigenvalue weighted by Crippen LogP contribution is 2.12. The molecule has 0 saturated heterocycles. The summed E-state index contributed by atoms with van der Waals surface area (Å²) in [6.45, 7) is 3.17. The van der Waals surface area contributed by atoms with E-state index in [4.69, 9.17) is 0 Å². The van der Waals surface area contributed by atoms with Crippen molar-refractivity contribution in [3.05, 3.63) is 47.5 Å².